The van der Waals surface area contributed by atoms with Crippen LogP contribution in [0.1, 0.15) is 41.4 Å². The van der Waals surface area contributed by atoms with Crippen molar-refractivity contribution in [3.8, 4) is 0 Å². The quantitative estimate of drug-likeness (QED) is 0.665. The number of aromatic nitrogens is 2. The van der Waals surface area contributed by atoms with Crippen LogP contribution in [0.25, 0.3) is 0 Å². The molecule has 2 aromatic carbocycles. The molecule has 3 rings (SSSR count). The number of amides is 1. The van der Waals surface area contributed by atoms with Crippen LogP contribution >= 0.6 is 0 Å². The number of benzene rings is 2. The summed E-state index contributed by atoms with van der Waals surface area (Å²) in [7, 11) is 0. The minimum absolute atomic E-state index is 0.224. The average Bonchev–Trinajstić information content (AvgIpc) is 2.63. The van der Waals surface area contributed by atoms with Crippen LogP contribution in [0.5, 0.6) is 0 Å². The maximum Gasteiger partial charge on any atom is 0.274 e. The zero-order valence-corrected chi connectivity index (χ0v) is 15.5. The zero-order valence-electron chi connectivity index (χ0n) is 15.5. The van der Waals surface area contributed by atoms with Gasteiger partial charge in [0.2, 0.25) is 5.95 Å². The zero-order chi connectivity index (χ0) is 19.4. The Labute approximate surface area is 157 Å². The molecule has 3 aromatic rings. The van der Waals surface area contributed by atoms with Gasteiger partial charge in [0.05, 0.1) is 0 Å². The molecule has 1 aromatic heterocycles. The van der Waals surface area contributed by atoms with Gasteiger partial charge in [0.1, 0.15) is 11.5 Å². The van der Waals surface area contributed by atoms with Gasteiger partial charge in [-0.1, -0.05) is 38.1 Å². The molecule has 0 unspecified atom stereocenters. The molecule has 0 bridgehead atoms. The predicted octanol–water partition coefficient (Wildman–Crippen LogP) is 5.04. The van der Waals surface area contributed by atoms with Crippen LogP contribution in [-0.4, -0.2) is 15.9 Å². The normalized spacial score (nSPS) is 10.7. The second-order valence-corrected chi connectivity index (χ2v) is 6.55. The first kappa shape index (κ1) is 18.5. The Kier molecular flexibility index (Phi) is 5.45. The fourth-order valence-electron chi connectivity index (χ4n) is 2.76. The van der Waals surface area contributed by atoms with Crippen molar-refractivity contribution in [2.45, 2.75) is 26.7 Å². The van der Waals surface area contributed by atoms with E-state index >= 15 is 0 Å². The van der Waals surface area contributed by atoms with E-state index in [9.17, 15) is 9.18 Å². The molecule has 0 aliphatic heterocycles. The van der Waals surface area contributed by atoms with E-state index in [4.69, 9.17) is 0 Å². The molecule has 6 heteroatoms. The monoisotopic (exact) mass is 364 g/mol. The molecule has 0 radical (unpaired) electrons. The predicted molar refractivity (Wildman–Crippen MR) is 105 cm³/mol. The van der Waals surface area contributed by atoms with Crippen LogP contribution < -0.4 is 10.6 Å². The largest absolute Gasteiger partial charge is 0.324 e. The summed E-state index contributed by atoms with van der Waals surface area (Å²) in [6.07, 6.45) is 1.49. The number of anilines is 3. The van der Waals surface area contributed by atoms with Gasteiger partial charge in [-0.3, -0.25) is 4.79 Å². The highest BCUT2D eigenvalue weighted by molar-refractivity contribution is 6.04. The number of nitrogens with zero attached hydrogens (tertiary/aromatic N) is 2. The van der Waals surface area contributed by atoms with Crippen molar-refractivity contribution in [3.05, 3.63) is 77.4 Å². The van der Waals surface area contributed by atoms with Crippen LogP contribution in [0.2, 0.25) is 0 Å². The first-order valence-corrected chi connectivity index (χ1v) is 8.70. The van der Waals surface area contributed by atoms with Gasteiger partial charge in [-0.25, -0.2) is 14.4 Å². The molecule has 5 nitrogen and oxygen atoms in total. The lowest BCUT2D eigenvalue weighted by Crippen LogP contribution is -2.17. The number of hydrogen-bond acceptors (Lipinski definition) is 4. The third-order valence-corrected chi connectivity index (χ3v) is 4.13. The average molecular weight is 364 g/mol. The number of carbonyl (C=O) groups excluding carboxylic acids is 1. The van der Waals surface area contributed by atoms with Crippen LogP contribution in [0, 0.1) is 12.7 Å². The molecule has 27 heavy (non-hydrogen) atoms. The highest BCUT2D eigenvalue weighted by Gasteiger charge is 2.15. The lowest BCUT2D eigenvalue weighted by molar-refractivity contribution is 0.102. The molecule has 0 aliphatic carbocycles. The Hall–Kier alpha value is -3.28. The van der Waals surface area contributed by atoms with E-state index in [0.29, 0.717) is 5.69 Å². The van der Waals surface area contributed by atoms with Crippen molar-refractivity contribution in [2.24, 2.45) is 0 Å². The van der Waals surface area contributed by atoms with Crippen molar-refractivity contribution in [3.63, 3.8) is 0 Å². The van der Waals surface area contributed by atoms with E-state index in [0.717, 1.165) is 16.8 Å². The first-order valence-electron chi connectivity index (χ1n) is 8.70. The Balaban J connectivity index is 1.82. The number of carbonyl (C=O) groups is 1. The summed E-state index contributed by atoms with van der Waals surface area (Å²) in [6, 6.07) is 13.4. The number of nitrogens with one attached hydrogen (secondary N) is 2. The maximum absolute atomic E-state index is 13.3. The SMILES string of the molecule is Cc1cccc(C(C)C)c1NC(=O)c1ccnc(Nc2cccc(F)c2)n1. The summed E-state index contributed by atoms with van der Waals surface area (Å²) in [5.74, 6) is -0.191. The molecule has 1 amide bonds. The van der Waals surface area contributed by atoms with Gasteiger partial charge in [0, 0.05) is 17.6 Å². The molecule has 0 saturated carbocycles. The van der Waals surface area contributed by atoms with Gasteiger partial charge in [-0.05, 0) is 48.2 Å². The van der Waals surface area contributed by atoms with Crippen molar-refractivity contribution in [2.75, 3.05) is 10.6 Å². The van der Waals surface area contributed by atoms with Gasteiger partial charge in [-0.15, -0.1) is 0 Å². The van der Waals surface area contributed by atoms with E-state index in [2.05, 4.69) is 34.4 Å². The lowest BCUT2D eigenvalue weighted by Gasteiger charge is -2.16. The second-order valence-electron chi connectivity index (χ2n) is 6.55. The van der Waals surface area contributed by atoms with Gasteiger partial charge in [-0.2, -0.15) is 0 Å². The first-order chi connectivity index (χ1) is 12.9. The van der Waals surface area contributed by atoms with Crippen molar-refractivity contribution < 1.29 is 9.18 Å². The summed E-state index contributed by atoms with van der Waals surface area (Å²) >= 11 is 0. The number of rotatable bonds is 5. The van der Waals surface area contributed by atoms with Crippen LogP contribution in [-0.2, 0) is 0 Å². The molecular formula is C21H21FN4O. The Morgan fingerprint density at radius 3 is 2.63 bits per heavy atom. The Morgan fingerprint density at radius 1 is 1.11 bits per heavy atom. The van der Waals surface area contributed by atoms with Crippen LogP contribution in [0.15, 0.2) is 54.7 Å². The highest BCUT2D eigenvalue weighted by atomic mass is 19.1. The van der Waals surface area contributed by atoms with Gasteiger partial charge < -0.3 is 10.6 Å². The van der Waals surface area contributed by atoms with Gasteiger partial charge in [0.15, 0.2) is 0 Å². The molecule has 1 heterocycles. The minimum atomic E-state index is -0.366. The van der Waals surface area contributed by atoms with E-state index in [1.54, 1.807) is 18.2 Å². The molecular weight excluding hydrogens is 343 g/mol. The van der Waals surface area contributed by atoms with E-state index in [-0.39, 0.29) is 29.3 Å². The summed E-state index contributed by atoms with van der Waals surface area (Å²) in [5, 5.41) is 5.86. The van der Waals surface area contributed by atoms with Crippen molar-refractivity contribution >= 4 is 23.2 Å². The van der Waals surface area contributed by atoms with Crippen LogP contribution in [0.4, 0.5) is 21.7 Å². The van der Waals surface area contributed by atoms with E-state index in [1.165, 1.54) is 18.3 Å². The van der Waals surface area contributed by atoms with Gasteiger partial charge >= 0.3 is 0 Å². The summed E-state index contributed by atoms with van der Waals surface area (Å²) < 4.78 is 13.3. The molecule has 0 fully saturated rings. The second kappa shape index (κ2) is 7.95. The lowest BCUT2D eigenvalue weighted by atomic mass is 9.98. The third kappa shape index (κ3) is 4.47. The number of para-hydroxylation sites is 1. The van der Waals surface area contributed by atoms with Crippen LogP contribution in [0.3, 0.4) is 0 Å². The number of halogens is 1. The number of hydrogen-bond donors (Lipinski definition) is 2. The summed E-state index contributed by atoms with van der Waals surface area (Å²) in [5.41, 5.74) is 3.59. The Bertz CT molecular complexity index is 972. The fourth-order valence-corrected chi connectivity index (χ4v) is 2.76. The minimum Gasteiger partial charge on any atom is -0.324 e. The number of aryl methyl sites for hydroxylation is 1. The summed E-state index contributed by atoms with van der Waals surface area (Å²) in [4.78, 5) is 21.0. The molecule has 0 aliphatic rings. The maximum atomic E-state index is 13.3. The molecule has 2 N–H and O–H groups in total. The van der Waals surface area contributed by atoms with Gasteiger partial charge in [0.25, 0.3) is 5.91 Å². The van der Waals surface area contributed by atoms with E-state index < -0.39 is 0 Å². The molecule has 0 saturated heterocycles. The highest BCUT2D eigenvalue weighted by Crippen LogP contribution is 2.27. The summed E-state index contributed by atoms with van der Waals surface area (Å²) in [6.45, 7) is 6.12. The Morgan fingerprint density at radius 2 is 1.89 bits per heavy atom. The molecule has 0 atom stereocenters. The fraction of sp³-hybridized carbons (Fsp3) is 0.190. The van der Waals surface area contributed by atoms with E-state index in [1.807, 2.05) is 25.1 Å². The smallest absolute Gasteiger partial charge is 0.274 e. The van der Waals surface area contributed by atoms with Crippen molar-refractivity contribution in [1.82, 2.24) is 9.97 Å². The molecule has 0 spiro atoms. The topological polar surface area (TPSA) is 66.9 Å². The standard InChI is InChI=1S/C21H21FN4O/c1-13(2)17-9-4-6-14(3)19(17)26-20(27)18-10-11-23-21(25-18)24-16-8-5-7-15(22)12-16/h4-13H,1-3H3,(H,26,27)(H,23,24,25). The van der Waals surface area contributed by atoms with Crippen molar-refractivity contribution in [1.29, 1.82) is 0 Å². The third-order valence-electron chi connectivity index (χ3n) is 4.13. The molecule has 138 valence electrons.